The van der Waals surface area contributed by atoms with Crippen molar-refractivity contribution in [3.05, 3.63) is 29.8 Å². The Morgan fingerprint density at radius 3 is 2.55 bits per heavy atom. The molecule has 0 bridgehead atoms. The lowest BCUT2D eigenvalue weighted by molar-refractivity contribution is -0.149. The first kappa shape index (κ1) is 14.4. The summed E-state index contributed by atoms with van der Waals surface area (Å²) >= 11 is 0. The molecule has 1 saturated carbocycles. The van der Waals surface area contributed by atoms with Gasteiger partial charge in [-0.25, -0.2) is 0 Å². The second kappa shape index (κ2) is 5.53. The minimum Gasteiger partial charge on any atom is -0.491 e. The molecule has 5 heteroatoms. The van der Waals surface area contributed by atoms with Gasteiger partial charge in [0.15, 0.2) is 0 Å². The number of benzene rings is 1. The van der Waals surface area contributed by atoms with Gasteiger partial charge in [0.25, 0.3) is 0 Å². The van der Waals surface area contributed by atoms with E-state index < -0.39 is 17.3 Å². The standard InChI is InChI=1S/C15H19NO4/c1-10(2)20-12-6-4-3-5-11(12)9-16-13(17)15(7-8-15)14(18)19/h3-6,10H,7-9H2,1-2H3,(H,16,17)(H,18,19). The van der Waals surface area contributed by atoms with Crippen LogP contribution in [0.3, 0.4) is 0 Å². The van der Waals surface area contributed by atoms with Gasteiger partial charge in [-0.15, -0.1) is 0 Å². The third-order valence-electron chi connectivity index (χ3n) is 3.37. The minimum atomic E-state index is -1.20. The molecule has 1 aromatic carbocycles. The molecule has 1 fully saturated rings. The van der Waals surface area contributed by atoms with Crippen molar-refractivity contribution in [3.63, 3.8) is 0 Å². The Hall–Kier alpha value is -2.04. The number of para-hydroxylation sites is 1. The molecule has 2 N–H and O–H groups in total. The van der Waals surface area contributed by atoms with E-state index in [1.54, 1.807) is 0 Å². The highest BCUT2D eigenvalue weighted by Gasteiger charge is 2.56. The van der Waals surface area contributed by atoms with Crippen LogP contribution >= 0.6 is 0 Å². The van der Waals surface area contributed by atoms with E-state index in [0.29, 0.717) is 18.6 Å². The van der Waals surface area contributed by atoms with E-state index in [1.165, 1.54) is 0 Å². The molecule has 1 amide bonds. The van der Waals surface area contributed by atoms with Crippen LogP contribution in [0.25, 0.3) is 0 Å². The van der Waals surface area contributed by atoms with Gasteiger partial charge in [-0.3, -0.25) is 9.59 Å². The first-order valence-corrected chi connectivity index (χ1v) is 6.72. The zero-order chi connectivity index (χ0) is 14.8. The van der Waals surface area contributed by atoms with E-state index in [4.69, 9.17) is 9.84 Å². The average molecular weight is 277 g/mol. The van der Waals surface area contributed by atoms with E-state index in [1.807, 2.05) is 38.1 Å². The van der Waals surface area contributed by atoms with Crippen LogP contribution in [0, 0.1) is 5.41 Å². The molecule has 0 saturated heterocycles. The molecule has 0 unspecified atom stereocenters. The maximum Gasteiger partial charge on any atom is 0.319 e. The molecule has 108 valence electrons. The van der Waals surface area contributed by atoms with E-state index in [0.717, 1.165) is 5.56 Å². The number of hydrogen-bond acceptors (Lipinski definition) is 3. The normalized spacial score (nSPS) is 15.8. The summed E-state index contributed by atoms with van der Waals surface area (Å²) in [6.45, 7) is 4.13. The summed E-state index contributed by atoms with van der Waals surface area (Å²) in [7, 11) is 0. The van der Waals surface area contributed by atoms with Crippen LogP contribution in [0.5, 0.6) is 5.75 Å². The third-order valence-corrected chi connectivity index (χ3v) is 3.37. The Morgan fingerprint density at radius 2 is 2.00 bits per heavy atom. The summed E-state index contributed by atoms with van der Waals surface area (Å²) in [5, 5.41) is 11.8. The highest BCUT2D eigenvalue weighted by molar-refractivity contribution is 6.04. The van der Waals surface area contributed by atoms with E-state index in [2.05, 4.69) is 5.32 Å². The van der Waals surface area contributed by atoms with Gasteiger partial charge in [0.05, 0.1) is 6.10 Å². The van der Waals surface area contributed by atoms with E-state index in [9.17, 15) is 9.59 Å². The van der Waals surface area contributed by atoms with Crippen molar-refractivity contribution in [2.75, 3.05) is 0 Å². The van der Waals surface area contributed by atoms with Crippen LogP contribution in [0.1, 0.15) is 32.3 Å². The first-order valence-electron chi connectivity index (χ1n) is 6.72. The van der Waals surface area contributed by atoms with Crippen LogP contribution in [-0.2, 0) is 16.1 Å². The lowest BCUT2D eigenvalue weighted by Crippen LogP contribution is -2.36. The highest BCUT2D eigenvalue weighted by atomic mass is 16.5. The number of amides is 1. The van der Waals surface area contributed by atoms with Crippen molar-refractivity contribution < 1.29 is 19.4 Å². The average Bonchev–Trinajstić information content (AvgIpc) is 3.18. The minimum absolute atomic E-state index is 0.0423. The molecule has 1 aromatic rings. The van der Waals surface area contributed by atoms with Crippen molar-refractivity contribution in [2.45, 2.75) is 39.3 Å². The zero-order valence-corrected chi connectivity index (χ0v) is 11.7. The third kappa shape index (κ3) is 2.92. The van der Waals surface area contributed by atoms with Crippen LogP contribution in [0.2, 0.25) is 0 Å². The maximum absolute atomic E-state index is 11.9. The summed E-state index contributed by atoms with van der Waals surface area (Å²) in [5.74, 6) is -0.742. The number of nitrogens with one attached hydrogen (secondary N) is 1. The number of aliphatic carboxylic acids is 1. The molecular weight excluding hydrogens is 258 g/mol. The van der Waals surface area contributed by atoms with Gasteiger partial charge in [0, 0.05) is 12.1 Å². The molecule has 20 heavy (non-hydrogen) atoms. The molecule has 0 heterocycles. The summed E-state index contributed by atoms with van der Waals surface area (Å²) in [5.41, 5.74) is -0.357. The van der Waals surface area contributed by atoms with Gasteiger partial charge >= 0.3 is 5.97 Å². The topological polar surface area (TPSA) is 75.6 Å². The number of ether oxygens (including phenoxy) is 1. The molecule has 1 aliphatic carbocycles. The van der Waals surface area contributed by atoms with Gasteiger partial charge < -0.3 is 15.2 Å². The summed E-state index contributed by atoms with van der Waals surface area (Å²) in [6.07, 6.45) is 0.872. The zero-order valence-electron chi connectivity index (χ0n) is 11.7. The molecule has 0 aromatic heterocycles. The monoisotopic (exact) mass is 277 g/mol. The van der Waals surface area contributed by atoms with Gasteiger partial charge in [0.1, 0.15) is 11.2 Å². The molecule has 5 nitrogen and oxygen atoms in total. The Balaban J connectivity index is 2.01. The van der Waals surface area contributed by atoms with Crippen LogP contribution in [0.15, 0.2) is 24.3 Å². The lowest BCUT2D eigenvalue weighted by Gasteiger charge is -2.15. The van der Waals surface area contributed by atoms with Crippen LogP contribution in [-0.4, -0.2) is 23.1 Å². The smallest absolute Gasteiger partial charge is 0.319 e. The van der Waals surface area contributed by atoms with Crippen molar-refractivity contribution in [1.29, 1.82) is 0 Å². The first-order chi connectivity index (χ1) is 9.45. The fraction of sp³-hybridized carbons (Fsp3) is 0.467. The summed E-state index contributed by atoms with van der Waals surface area (Å²) in [4.78, 5) is 23.0. The van der Waals surface area contributed by atoms with E-state index in [-0.39, 0.29) is 12.6 Å². The van der Waals surface area contributed by atoms with Crippen molar-refractivity contribution in [3.8, 4) is 5.75 Å². The fourth-order valence-corrected chi connectivity index (χ4v) is 2.03. The quantitative estimate of drug-likeness (QED) is 0.779. The highest BCUT2D eigenvalue weighted by Crippen LogP contribution is 2.46. The van der Waals surface area contributed by atoms with Crippen molar-refractivity contribution >= 4 is 11.9 Å². The molecule has 0 radical (unpaired) electrons. The predicted octanol–water partition coefficient (Wildman–Crippen LogP) is 1.95. The Morgan fingerprint density at radius 1 is 1.35 bits per heavy atom. The van der Waals surface area contributed by atoms with Gasteiger partial charge in [-0.1, -0.05) is 18.2 Å². The summed E-state index contributed by atoms with van der Waals surface area (Å²) < 4.78 is 5.66. The van der Waals surface area contributed by atoms with Gasteiger partial charge in [0.2, 0.25) is 5.91 Å². The Kier molecular flexibility index (Phi) is 3.97. The molecular formula is C15H19NO4. The van der Waals surface area contributed by atoms with E-state index >= 15 is 0 Å². The van der Waals surface area contributed by atoms with Crippen LogP contribution in [0.4, 0.5) is 0 Å². The SMILES string of the molecule is CC(C)Oc1ccccc1CNC(=O)C1(C(=O)O)CC1. The van der Waals surface area contributed by atoms with Gasteiger partial charge in [-0.05, 0) is 32.8 Å². The lowest BCUT2D eigenvalue weighted by atomic mass is 10.1. The maximum atomic E-state index is 11.9. The molecule has 1 aliphatic rings. The van der Waals surface area contributed by atoms with Crippen molar-refractivity contribution in [2.24, 2.45) is 5.41 Å². The number of carbonyl (C=O) groups excluding carboxylic acids is 1. The second-order valence-electron chi connectivity index (χ2n) is 5.34. The van der Waals surface area contributed by atoms with Crippen LogP contribution < -0.4 is 10.1 Å². The predicted molar refractivity (Wildman–Crippen MR) is 73.4 cm³/mol. The molecule has 0 spiro atoms. The van der Waals surface area contributed by atoms with Crippen molar-refractivity contribution in [1.82, 2.24) is 5.32 Å². The Bertz CT molecular complexity index is 520. The Labute approximate surface area is 117 Å². The fourth-order valence-electron chi connectivity index (χ4n) is 2.03. The molecule has 0 atom stereocenters. The number of carbonyl (C=O) groups is 2. The number of rotatable bonds is 6. The van der Waals surface area contributed by atoms with Gasteiger partial charge in [-0.2, -0.15) is 0 Å². The summed E-state index contributed by atoms with van der Waals surface area (Å²) in [6, 6.07) is 7.42. The number of carboxylic acids is 1. The number of hydrogen-bond donors (Lipinski definition) is 2. The molecule has 2 rings (SSSR count). The number of carboxylic acid groups (broad SMARTS) is 1. The second-order valence-corrected chi connectivity index (χ2v) is 5.34. The molecule has 0 aliphatic heterocycles. The largest absolute Gasteiger partial charge is 0.491 e.